The van der Waals surface area contributed by atoms with Gasteiger partial charge in [0.05, 0.1) is 7.11 Å². The van der Waals surface area contributed by atoms with Gasteiger partial charge in [0.1, 0.15) is 24.2 Å². The Kier molecular flexibility index (Phi) is 10.9. The van der Waals surface area contributed by atoms with E-state index in [1.807, 2.05) is 36.4 Å². The van der Waals surface area contributed by atoms with Crippen LogP contribution >= 0.6 is 36.4 Å². The number of aliphatic hydroxyl groups excluding tert-OH is 1. The zero-order chi connectivity index (χ0) is 19.2. The third-order valence-corrected chi connectivity index (χ3v) is 5.07. The summed E-state index contributed by atoms with van der Waals surface area (Å²) in [6.45, 7) is 6.63. The van der Waals surface area contributed by atoms with Gasteiger partial charge < -0.3 is 19.5 Å². The third kappa shape index (κ3) is 7.43. The van der Waals surface area contributed by atoms with Crippen LogP contribution in [-0.4, -0.2) is 62.6 Å². The van der Waals surface area contributed by atoms with E-state index >= 15 is 0 Å². The molecule has 0 spiro atoms. The Morgan fingerprint density at radius 3 is 2.41 bits per heavy atom. The number of piperazine rings is 1. The van der Waals surface area contributed by atoms with E-state index in [2.05, 4.69) is 22.8 Å². The molecule has 2 aromatic carbocycles. The summed E-state index contributed by atoms with van der Waals surface area (Å²) in [6.07, 6.45) is -0.532. The van der Waals surface area contributed by atoms with Crippen molar-refractivity contribution in [3.63, 3.8) is 0 Å². The van der Waals surface area contributed by atoms with Gasteiger partial charge in [0.15, 0.2) is 0 Å². The molecule has 0 radical (unpaired) electrons. The normalized spacial score (nSPS) is 15.1. The molecule has 2 aromatic rings. The van der Waals surface area contributed by atoms with Crippen LogP contribution < -0.4 is 14.4 Å². The molecule has 5 nitrogen and oxygen atoms in total. The number of hydrogen-bond acceptors (Lipinski definition) is 5. The van der Waals surface area contributed by atoms with Gasteiger partial charge in [-0.05, 0) is 36.8 Å². The minimum Gasteiger partial charge on any atom is -0.497 e. The maximum atomic E-state index is 10.3. The number of hydrogen-bond donors (Lipinski definition) is 1. The molecule has 3 rings (SSSR count). The first-order chi connectivity index (χ1) is 13.0. The molecule has 1 N–H and O–H groups in total. The van der Waals surface area contributed by atoms with Crippen molar-refractivity contribution in [2.45, 2.75) is 13.0 Å². The average molecular weight is 464 g/mol. The van der Waals surface area contributed by atoms with Gasteiger partial charge in [-0.2, -0.15) is 0 Å². The molecule has 1 fully saturated rings. The molecule has 1 aliphatic heterocycles. The largest absolute Gasteiger partial charge is 0.497 e. The van der Waals surface area contributed by atoms with Crippen molar-refractivity contribution >= 4 is 42.1 Å². The minimum absolute atomic E-state index is 0. The monoisotopic (exact) mass is 462 g/mol. The Bertz CT molecular complexity index is 756. The number of halogens is 3. The molecule has 1 heterocycles. The SMILES string of the molecule is COc1cccc(OCC(O)CN2CCN(c3cc(Cl)ccc3C)CC2)c1.Cl.Cl. The van der Waals surface area contributed by atoms with E-state index in [0.29, 0.717) is 12.3 Å². The maximum Gasteiger partial charge on any atom is 0.123 e. The summed E-state index contributed by atoms with van der Waals surface area (Å²) in [4.78, 5) is 4.63. The molecule has 0 aromatic heterocycles. The van der Waals surface area contributed by atoms with Crippen LogP contribution in [0.4, 0.5) is 5.69 Å². The molecule has 162 valence electrons. The summed E-state index contributed by atoms with van der Waals surface area (Å²) in [5.74, 6) is 1.45. The lowest BCUT2D eigenvalue weighted by molar-refractivity contribution is 0.0662. The number of nitrogens with zero attached hydrogens (tertiary/aromatic N) is 2. The van der Waals surface area contributed by atoms with E-state index in [-0.39, 0.29) is 31.4 Å². The molecular formula is C21H29Cl3N2O3. The van der Waals surface area contributed by atoms with E-state index in [0.717, 1.165) is 37.0 Å². The molecule has 0 saturated carbocycles. The van der Waals surface area contributed by atoms with Crippen LogP contribution in [0.25, 0.3) is 0 Å². The second kappa shape index (κ2) is 12.4. The van der Waals surface area contributed by atoms with E-state index < -0.39 is 6.10 Å². The first-order valence-corrected chi connectivity index (χ1v) is 9.61. The number of benzene rings is 2. The second-order valence-corrected chi connectivity index (χ2v) is 7.30. The van der Waals surface area contributed by atoms with Crippen LogP contribution in [0.5, 0.6) is 11.5 Å². The summed E-state index contributed by atoms with van der Waals surface area (Å²) in [7, 11) is 1.62. The Morgan fingerprint density at radius 2 is 1.72 bits per heavy atom. The number of methoxy groups -OCH3 is 1. The number of aliphatic hydroxyl groups is 1. The highest BCUT2D eigenvalue weighted by molar-refractivity contribution is 6.30. The van der Waals surface area contributed by atoms with Crippen LogP contribution in [0.3, 0.4) is 0 Å². The lowest BCUT2D eigenvalue weighted by atomic mass is 10.1. The fourth-order valence-corrected chi connectivity index (χ4v) is 3.50. The summed E-state index contributed by atoms with van der Waals surface area (Å²) in [6, 6.07) is 13.4. The summed E-state index contributed by atoms with van der Waals surface area (Å²) in [5, 5.41) is 11.1. The number of β-amino-alcohol motifs (C(OH)–C–C–N with tert-alkyl or cyclic N) is 1. The fourth-order valence-electron chi connectivity index (χ4n) is 3.33. The average Bonchev–Trinajstić information content (AvgIpc) is 2.69. The lowest BCUT2D eigenvalue weighted by Crippen LogP contribution is -2.49. The zero-order valence-electron chi connectivity index (χ0n) is 16.7. The summed E-state index contributed by atoms with van der Waals surface area (Å²) < 4.78 is 10.9. The minimum atomic E-state index is -0.532. The van der Waals surface area contributed by atoms with E-state index in [1.165, 1.54) is 11.3 Å². The van der Waals surface area contributed by atoms with Gasteiger partial charge in [0.25, 0.3) is 0 Å². The number of anilines is 1. The van der Waals surface area contributed by atoms with Crippen LogP contribution in [0.1, 0.15) is 5.56 Å². The summed E-state index contributed by atoms with van der Waals surface area (Å²) in [5.41, 5.74) is 2.43. The molecule has 29 heavy (non-hydrogen) atoms. The van der Waals surface area contributed by atoms with Crippen LogP contribution in [-0.2, 0) is 0 Å². The molecule has 1 unspecified atom stereocenters. The van der Waals surface area contributed by atoms with Crippen molar-refractivity contribution in [3.05, 3.63) is 53.1 Å². The van der Waals surface area contributed by atoms with Crippen LogP contribution in [0.15, 0.2) is 42.5 Å². The van der Waals surface area contributed by atoms with Gasteiger partial charge in [-0.1, -0.05) is 23.7 Å². The van der Waals surface area contributed by atoms with Gasteiger partial charge in [0.2, 0.25) is 0 Å². The van der Waals surface area contributed by atoms with Gasteiger partial charge in [-0.15, -0.1) is 24.8 Å². The summed E-state index contributed by atoms with van der Waals surface area (Å²) >= 11 is 6.15. The lowest BCUT2D eigenvalue weighted by Gasteiger charge is -2.37. The number of aryl methyl sites for hydroxylation is 1. The quantitative estimate of drug-likeness (QED) is 0.671. The Balaban J connectivity index is 0.00000210. The number of ether oxygens (including phenoxy) is 2. The van der Waals surface area contributed by atoms with Crippen molar-refractivity contribution in [2.75, 3.05) is 51.3 Å². The highest BCUT2D eigenvalue weighted by atomic mass is 35.5. The van der Waals surface area contributed by atoms with Crippen molar-refractivity contribution in [1.29, 1.82) is 0 Å². The van der Waals surface area contributed by atoms with Gasteiger partial charge in [-0.3, -0.25) is 4.90 Å². The van der Waals surface area contributed by atoms with E-state index in [9.17, 15) is 5.11 Å². The maximum absolute atomic E-state index is 10.3. The predicted octanol–water partition coefficient (Wildman–Crippen LogP) is 4.06. The Hall–Kier alpha value is -1.37. The van der Waals surface area contributed by atoms with Crippen molar-refractivity contribution < 1.29 is 14.6 Å². The highest BCUT2D eigenvalue weighted by Crippen LogP contribution is 2.25. The van der Waals surface area contributed by atoms with Crippen LogP contribution in [0, 0.1) is 6.92 Å². The standard InChI is InChI=1S/C21H27ClN2O3.2ClH/c1-16-6-7-17(22)12-21(16)24-10-8-23(9-11-24)14-18(25)15-27-20-5-3-4-19(13-20)26-2;;/h3-7,12-13,18,25H,8-11,14-15H2,1-2H3;2*1H. The molecule has 0 aliphatic carbocycles. The molecule has 1 saturated heterocycles. The highest BCUT2D eigenvalue weighted by Gasteiger charge is 2.21. The van der Waals surface area contributed by atoms with Crippen molar-refractivity contribution in [3.8, 4) is 11.5 Å². The molecule has 0 bridgehead atoms. The third-order valence-electron chi connectivity index (χ3n) is 4.84. The van der Waals surface area contributed by atoms with E-state index in [1.54, 1.807) is 7.11 Å². The second-order valence-electron chi connectivity index (χ2n) is 6.86. The van der Waals surface area contributed by atoms with Crippen LogP contribution in [0.2, 0.25) is 5.02 Å². The van der Waals surface area contributed by atoms with E-state index in [4.69, 9.17) is 21.1 Å². The Morgan fingerprint density at radius 1 is 1.03 bits per heavy atom. The zero-order valence-corrected chi connectivity index (χ0v) is 19.1. The van der Waals surface area contributed by atoms with Gasteiger partial charge >= 0.3 is 0 Å². The predicted molar refractivity (Wildman–Crippen MR) is 124 cm³/mol. The Labute approximate surface area is 190 Å². The first kappa shape index (κ1) is 25.7. The molecular weight excluding hydrogens is 435 g/mol. The molecule has 1 aliphatic rings. The van der Waals surface area contributed by atoms with Gasteiger partial charge in [0, 0.05) is 49.5 Å². The molecule has 0 amide bonds. The van der Waals surface area contributed by atoms with Gasteiger partial charge in [-0.25, -0.2) is 0 Å². The molecule has 1 atom stereocenters. The first-order valence-electron chi connectivity index (χ1n) is 9.23. The number of rotatable bonds is 7. The molecule has 8 heteroatoms. The fraction of sp³-hybridized carbons (Fsp3) is 0.429. The topological polar surface area (TPSA) is 45.2 Å². The smallest absolute Gasteiger partial charge is 0.123 e. The van der Waals surface area contributed by atoms with Crippen molar-refractivity contribution in [1.82, 2.24) is 4.90 Å². The van der Waals surface area contributed by atoms with Crippen molar-refractivity contribution in [2.24, 2.45) is 0 Å².